The third-order valence-corrected chi connectivity index (χ3v) is 8.00. The number of hydrogen-bond donors (Lipinski definition) is 1. The van der Waals surface area contributed by atoms with E-state index in [0.29, 0.717) is 37.4 Å². The molecule has 2 aliphatic heterocycles. The number of nitrogens with one attached hydrogen (secondary N) is 1. The van der Waals surface area contributed by atoms with E-state index in [2.05, 4.69) is 17.2 Å². The van der Waals surface area contributed by atoms with Crippen LogP contribution >= 0.6 is 0 Å². The summed E-state index contributed by atoms with van der Waals surface area (Å²) in [6.45, 7) is 6.87. The quantitative estimate of drug-likeness (QED) is 0.438. The van der Waals surface area contributed by atoms with Gasteiger partial charge in [-0.3, -0.25) is 9.59 Å². The van der Waals surface area contributed by atoms with Gasteiger partial charge in [0, 0.05) is 13.1 Å². The van der Waals surface area contributed by atoms with Gasteiger partial charge < -0.3 is 24.6 Å². The van der Waals surface area contributed by atoms with Crippen LogP contribution < -0.4 is 14.8 Å². The summed E-state index contributed by atoms with van der Waals surface area (Å²) in [6.07, 6.45) is 0.621. The summed E-state index contributed by atoms with van der Waals surface area (Å²) in [6, 6.07) is 14.4. The molecule has 2 aliphatic rings. The standard InChI is InChI=1S/C32H41N5O5/c1-6-8-17-35-22-29(38)36-28(37(35)32(40)33-20-25-12-10-9-11-13-25)21-34(31(39)30(36)23(3)7-2)18-16-24-14-15-26(41-4)27(19-24)42-5/h9-15,19,23,28,30H,7,16-18,20-22H2,1-5H3,(H,33,40)/t23?,28-,30-/m0/s1. The zero-order valence-corrected chi connectivity index (χ0v) is 25.1. The first kappa shape index (κ1) is 30.7. The van der Waals surface area contributed by atoms with E-state index in [-0.39, 0.29) is 43.4 Å². The lowest BCUT2D eigenvalue weighted by Crippen LogP contribution is -2.77. The lowest BCUT2D eigenvalue weighted by Gasteiger charge is -2.55. The fourth-order valence-electron chi connectivity index (χ4n) is 5.55. The molecule has 3 atom stereocenters. The van der Waals surface area contributed by atoms with Crippen LogP contribution in [0.5, 0.6) is 11.5 Å². The van der Waals surface area contributed by atoms with Crippen molar-refractivity contribution in [1.82, 2.24) is 25.1 Å². The first-order chi connectivity index (χ1) is 20.3. The lowest BCUT2D eigenvalue weighted by atomic mass is 9.92. The lowest BCUT2D eigenvalue weighted by molar-refractivity contribution is -0.192. The number of benzene rings is 2. The van der Waals surface area contributed by atoms with Crippen LogP contribution in [0.3, 0.4) is 0 Å². The van der Waals surface area contributed by atoms with Gasteiger partial charge in [-0.1, -0.05) is 62.6 Å². The molecule has 224 valence electrons. The van der Waals surface area contributed by atoms with Crippen LogP contribution in [0.1, 0.15) is 38.3 Å². The van der Waals surface area contributed by atoms with E-state index >= 15 is 0 Å². The van der Waals surface area contributed by atoms with Crippen molar-refractivity contribution in [2.45, 2.75) is 52.4 Å². The normalized spacial score (nSPS) is 19.5. The number of urea groups is 1. The Morgan fingerprint density at radius 1 is 1.07 bits per heavy atom. The number of carbonyl (C=O) groups is 3. The number of methoxy groups -OCH3 is 2. The van der Waals surface area contributed by atoms with Gasteiger partial charge in [0.25, 0.3) is 0 Å². The third-order valence-electron chi connectivity index (χ3n) is 8.00. The van der Waals surface area contributed by atoms with Crippen molar-refractivity contribution < 1.29 is 23.9 Å². The zero-order valence-electron chi connectivity index (χ0n) is 25.1. The summed E-state index contributed by atoms with van der Waals surface area (Å²) in [5.41, 5.74) is 1.95. The van der Waals surface area contributed by atoms with Crippen molar-refractivity contribution in [3.8, 4) is 23.3 Å². The Labute approximate surface area is 248 Å². The molecule has 0 aromatic heterocycles. The summed E-state index contributed by atoms with van der Waals surface area (Å²) in [5.74, 6) is 6.76. The summed E-state index contributed by atoms with van der Waals surface area (Å²) >= 11 is 0. The highest BCUT2D eigenvalue weighted by atomic mass is 16.5. The molecule has 1 N–H and O–H groups in total. The highest BCUT2D eigenvalue weighted by Gasteiger charge is 2.52. The Hall–Kier alpha value is -4.23. The molecule has 10 heteroatoms. The average molecular weight is 576 g/mol. The van der Waals surface area contributed by atoms with Gasteiger partial charge in [0.05, 0.1) is 33.9 Å². The van der Waals surface area contributed by atoms with Gasteiger partial charge in [-0.25, -0.2) is 9.80 Å². The maximum atomic E-state index is 13.9. The Morgan fingerprint density at radius 2 is 1.81 bits per heavy atom. The minimum absolute atomic E-state index is 0.0320. The molecule has 2 heterocycles. The highest BCUT2D eigenvalue weighted by molar-refractivity contribution is 5.91. The molecule has 4 rings (SSSR count). The number of amides is 4. The van der Waals surface area contributed by atoms with Gasteiger partial charge in [-0.2, -0.15) is 5.01 Å². The van der Waals surface area contributed by atoms with Gasteiger partial charge in [-0.05, 0) is 42.5 Å². The molecule has 2 saturated heterocycles. The molecular formula is C32H41N5O5. The second-order valence-electron chi connectivity index (χ2n) is 10.6. The Balaban J connectivity index is 1.64. The Morgan fingerprint density at radius 3 is 2.48 bits per heavy atom. The van der Waals surface area contributed by atoms with E-state index in [4.69, 9.17) is 9.47 Å². The van der Waals surface area contributed by atoms with E-state index in [0.717, 1.165) is 11.1 Å². The number of fused-ring (bicyclic) bond motifs is 1. The van der Waals surface area contributed by atoms with E-state index in [1.165, 1.54) is 0 Å². The predicted molar refractivity (Wildman–Crippen MR) is 159 cm³/mol. The highest BCUT2D eigenvalue weighted by Crippen LogP contribution is 2.32. The molecule has 2 aromatic rings. The predicted octanol–water partition coefficient (Wildman–Crippen LogP) is 3.12. The van der Waals surface area contributed by atoms with Crippen LogP contribution in [0.25, 0.3) is 0 Å². The van der Waals surface area contributed by atoms with Crippen molar-refractivity contribution in [3.63, 3.8) is 0 Å². The van der Waals surface area contributed by atoms with E-state index in [1.807, 2.05) is 62.4 Å². The smallest absolute Gasteiger partial charge is 0.334 e. The summed E-state index contributed by atoms with van der Waals surface area (Å²) in [5, 5.41) is 6.31. The minimum atomic E-state index is -0.671. The van der Waals surface area contributed by atoms with Crippen LogP contribution in [0.4, 0.5) is 4.79 Å². The molecule has 1 unspecified atom stereocenters. The largest absolute Gasteiger partial charge is 0.493 e. The molecule has 0 aliphatic carbocycles. The first-order valence-electron chi connectivity index (χ1n) is 14.4. The fourth-order valence-corrected chi connectivity index (χ4v) is 5.55. The van der Waals surface area contributed by atoms with E-state index in [1.54, 1.807) is 41.0 Å². The van der Waals surface area contributed by atoms with Gasteiger partial charge in [-0.15, -0.1) is 5.92 Å². The number of carbonyl (C=O) groups excluding carboxylic acids is 3. The zero-order chi connectivity index (χ0) is 30.2. The Bertz CT molecular complexity index is 1320. The number of nitrogens with zero attached hydrogens (tertiary/aromatic N) is 4. The molecule has 2 aromatic carbocycles. The van der Waals surface area contributed by atoms with Gasteiger partial charge in [0.1, 0.15) is 12.2 Å². The topological polar surface area (TPSA) is 94.7 Å². The Kier molecular flexibility index (Phi) is 10.3. The molecule has 4 amide bonds. The van der Waals surface area contributed by atoms with Crippen LogP contribution in [0.2, 0.25) is 0 Å². The van der Waals surface area contributed by atoms with Crippen molar-refractivity contribution in [1.29, 1.82) is 0 Å². The van der Waals surface area contributed by atoms with Crippen molar-refractivity contribution in [3.05, 3.63) is 59.7 Å². The average Bonchev–Trinajstić information content (AvgIpc) is 3.01. The molecule has 0 spiro atoms. The first-order valence-corrected chi connectivity index (χ1v) is 14.4. The maximum absolute atomic E-state index is 13.9. The van der Waals surface area contributed by atoms with Gasteiger partial charge in [0.15, 0.2) is 11.5 Å². The van der Waals surface area contributed by atoms with Crippen LogP contribution in [0.15, 0.2) is 48.5 Å². The van der Waals surface area contributed by atoms with Crippen LogP contribution in [0, 0.1) is 17.8 Å². The maximum Gasteiger partial charge on any atom is 0.334 e. The third kappa shape index (κ3) is 6.63. The number of hydrazine groups is 1. The van der Waals surface area contributed by atoms with Crippen LogP contribution in [-0.2, 0) is 22.6 Å². The fraction of sp³-hybridized carbons (Fsp3) is 0.469. The van der Waals surface area contributed by atoms with Crippen molar-refractivity contribution in [2.24, 2.45) is 5.92 Å². The molecule has 0 bridgehead atoms. The summed E-state index contributed by atoms with van der Waals surface area (Å²) in [7, 11) is 3.18. The molecule has 0 radical (unpaired) electrons. The molecule has 42 heavy (non-hydrogen) atoms. The number of hydrogen-bond acceptors (Lipinski definition) is 6. The SMILES string of the molecule is CC#CCN1CC(=O)N2[C@@H](C(C)CC)C(=O)N(CCc3ccc(OC)c(OC)c3)C[C@@H]2N1C(=O)NCc1ccccc1. The van der Waals surface area contributed by atoms with Crippen LogP contribution in [-0.4, -0.2) is 90.3 Å². The van der Waals surface area contributed by atoms with Gasteiger partial charge >= 0.3 is 6.03 Å². The number of rotatable bonds is 10. The molecule has 10 nitrogen and oxygen atoms in total. The summed E-state index contributed by atoms with van der Waals surface area (Å²) < 4.78 is 10.8. The van der Waals surface area contributed by atoms with Gasteiger partial charge in [0.2, 0.25) is 11.8 Å². The van der Waals surface area contributed by atoms with Crippen molar-refractivity contribution in [2.75, 3.05) is 40.4 Å². The molecular weight excluding hydrogens is 534 g/mol. The second-order valence-corrected chi connectivity index (χ2v) is 10.6. The van der Waals surface area contributed by atoms with E-state index < -0.39 is 12.2 Å². The second kappa shape index (κ2) is 14.1. The minimum Gasteiger partial charge on any atom is -0.493 e. The summed E-state index contributed by atoms with van der Waals surface area (Å²) in [4.78, 5) is 44.8. The number of piperazine rings is 1. The van der Waals surface area contributed by atoms with E-state index in [9.17, 15) is 14.4 Å². The van der Waals surface area contributed by atoms with Crippen molar-refractivity contribution >= 4 is 17.8 Å². The monoisotopic (exact) mass is 575 g/mol. The molecule has 0 saturated carbocycles. The number of ether oxygens (including phenoxy) is 2. The molecule has 2 fully saturated rings.